The van der Waals surface area contributed by atoms with E-state index < -0.39 is 30.5 Å². The van der Waals surface area contributed by atoms with E-state index in [1.54, 1.807) is 56.4 Å². The monoisotopic (exact) mass is 499 g/mol. The molecule has 35 heavy (non-hydrogen) atoms. The van der Waals surface area contributed by atoms with Crippen molar-refractivity contribution in [1.29, 1.82) is 0 Å². The molecule has 182 valence electrons. The van der Waals surface area contributed by atoms with Crippen LogP contribution in [0.1, 0.15) is 34.5 Å². The Morgan fingerprint density at radius 2 is 1.94 bits per heavy atom. The molecule has 1 amide bonds. The number of hydrogen-bond donors (Lipinski definition) is 2. The average Bonchev–Trinajstić information content (AvgIpc) is 3.21. The van der Waals surface area contributed by atoms with Gasteiger partial charge in [0.2, 0.25) is 5.95 Å². The predicted octanol–water partition coefficient (Wildman–Crippen LogP) is 4.61. The van der Waals surface area contributed by atoms with Gasteiger partial charge in [0.1, 0.15) is 18.1 Å². The zero-order valence-electron chi connectivity index (χ0n) is 19.1. The van der Waals surface area contributed by atoms with Crippen LogP contribution in [0, 0.1) is 12.7 Å². The molecule has 10 heteroatoms. The van der Waals surface area contributed by atoms with Gasteiger partial charge < -0.3 is 15.7 Å². The van der Waals surface area contributed by atoms with Gasteiger partial charge in [0, 0.05) is 23.3 Å². The highest BCUT2D eigenvalue weighted by Gasteiger charge is 2.28. The van der Waals surface area contributed by atoms with Crippen LogP contribution >= 0.6 is 11.6 Å². The number of fused-ring (bicyclic) bond motifs is 1. The Morgan fingerprint density at radius 3 is 2.63 bits per heavy atom. The summed E-state index contributed by atoms with van der Waals surface area (Å²) in [5.74, 6) is -1.30. The molecule has 0 fully saturated rings. The van der Waals surface area contributed by atoms with Crippen molar-refractivity contribution in [3.63, 3.8) is 0 Å². The van der Waals surface area contributed by atoms with Gasteiger partial charge in [-0.05, 0) is 54.8 Å². The standard InChI is InChI=1S/C25H24ClF2N5O2/c1-3-32(13-19(27)23(34)15-5-7-17(26)8-6-15)24(35)21-14(2)4-9-18(22(21)28)16-10-11-33-20(12-16)30-25(29)31-33/h4-12,19,23,34H,3,13H2,1-2H3,(H2,29,31). The van der Waals surface area contributed by atoms with Crippen LogP contribution in [-0.4, -0.2) is 49.8 Å². The molecule has 2 aromatic heterocycles. The van der Waals surface area contributed by atoms with Crippen molar-refractivity contribution in [3.05, 3.63) is 82.3 Å². The third-order valence-electron chi connectivity index (χ3n) is 5.85. The highest BCUT2D eigenvalue weighted by molar-refractivity contribution is 6.30. The van der Waals surface area contributed by atoms with Crippen LogP contribution in [0.5, 0.6) is 0 Å². The molecule has 0 radical (unpaired) electrons. The van der Waals surface area contributed by atoms with Crippen LogP contribution in [0.3, 0.4) is 0 Å². The number of pyridine rings is 1. The van der Waals surface area contributed by atoms with E-state index in [2.05, 4.69) is 10.1 Å². The Hall–Kier alpha value is -3.56. The smallest absolute Gasteiger partial charge is 0.257 e. The number of carbonyl (C=O) groups is 1. The van der Waals surface area contributed by atoms with Gasteiger partial charge in [0.25, 0.3) is 5.91 Å². The molecule has 2 heterocycles. The Kier molecular flexibility index (Phi) is 7.00. The Bertz CT molecular complexity index is 1380. The lowest BCUT2D eigenvalue weighted by Crippen LogP contribution is -2.38. The minimum absolute atomic E-state index is 0.0857. The van der Waals surface area contributed by atoms with Gasteiger partial charge in [-0.1, -0.05) is 35.9 Å². The second-order valence-electron chi connectivity index (χ2n) is 8.16. The van der Waals surface area contributed by atoms with Crippen LogP contribution in [0.4, 0.5) is 14.7 Å². The summed E-state index contributed by atoms with van der Waals surface area (Å²) in [5, 5.41) is 14.9. The summed E-state index contributed by atoms with van der Waals surface area (Å²) in [6, 6.07) is 12.6. The predicted molar refractivity (Wildman–Crippen MR) is 130 cm³/mol. The second-order valence-corrected chi connectivity index (χ2v) is 8.60. The highest BCUT2D eigenvalue weighted by Crippen LogP contribution is 2.29. The lowest BCUT2D eigenvalue weighted by atomic mass is 9.98. The number of nitrogens with two attached hydrogens (primary N) is 1. The molecule has 3 N–H and O–H groups in total. The minimum atomic E-state index is -1.78. The topological polar surface area (TPSA) is 96.8 Å². The third-order valence-corrected chi connectivity index (χ3v) is 6.10. The fraction of sp³-hybridized carbons (Fsp3) is 0.240. The summed E-state index contributed by atoms with van der Waals surface area (Å²) < 4.78 is 32.2. The van der Waals surface area contributed by atoms with Gasteiger partial charge in [-0.2, -0.15) is 4.98 Å². The maximum Gasteiger partial charge on any atom is 0.257 e. The molecule has 0 aliphatic carbocycles. The number of aryl methyl sites for hydroxylation is 1. The second kappa shape index (κ2) is 9.97. The lowest BCUT2D eigenvalue weighted by Gasteiger charge is -2.26. The molecule has 2 unspecified atom stereocenters. The number of carbonyl (C=O) groups excluding carboxylic acids is 1. The average molecular weight is 500 g/mol. The number of nitrogen functional groups attached to an aromatic ring is 1. The molecule has 0 spiro atoms. The fourth-order valence-corrected chi connectivity index (χ4v) is 4.04. The van der Waals surface area contributed by atoms with Gasteiger partial charge in [-0.25, -0.2) is 13.3 Å². The van der Waals surface area contributed by atoms with Crippen LogP contribution in [0.15, 0.2) is 54.7 Å². The fourth-order valence-electron chi connectivity index (χ4n) is 3.92. The number of rotatable bonds is 7. The first kappa shape index (κ1) is 24.6. The van der Waals surface area contributed by atoms with Crippen molar-refractivity contribution < 1.29 is 18.7 Å². The largest absolute Gasteiger partial charge is 0.385 e. The highest BCUT2D eigenvalue weighted by atomic mass is 35.5. The molecule has 2 aromatic carbocycles. The van der Waals surface area contributed by atoms with Crippen molar-refractivity contribution in [2.75, 3.05) is 18.8 Å². The normalized spacial score (nSPS) is 13.1. The van der Waals surface area contributed by atoms with E-state index in [9.17, 15) is 14.3 Å². The molecular formula is C25H24ClF2N5O2. The molecule has 0 saturated heterocycles. The molecular weight excluding hydrogens is 476 g/mol. The Balaban J connectivity index is 1.62. The van der Waals surface area contributed by atoms with E-state index >= 15 is 4.39 Å². The molecule has 0 aliphatic rings. The summed E-state index contributed by atoms with van der Waals surface area (Å²) in [6.45, 7) is 3.00. The molecule has 0 saturated carbocycles. The number of anilines is 1. The maximum absolute atomic E-state index is 15.7. The van der Waals surface area contributed by atoms with Gasteiger partial charge in [0.15, 0.2) is 5.65 Å². The first-order valence-electron chi connectivity index (χ1n) is 11.0. The van der Waals surface area contributed by atoms with Crippen LogP contribution in [0.25, 0.3) is 16.8 Å². The molecule has 4 aromatic rings. The van der Waals surface area contributed by atoms with Crippen molar-refractivity contribution in [1.82, 2.24) is 19.5 Å². The molecule has 4 rings (SSSR count). The zero-order chi connectivity index (χ0) is 25.3. The number of hydrogen-bond acceptors (Lipinski definition) is 5. The first-order chi connectivity index (χ1) is 16.7. The number of amides is 1. The molecule has 7 nitrogen and oxygen atoms in total. The maximum atomic E-state index is 15.7. The molecule has 0 bridgehead atoms. The number of alkyl halides is 1. The van der Waals surface area contributed by atoms with Gasteiger partial charge in [0.05, 0.1) is 12.1 Å². The van der Waals surface area contributed by atoms with Gasteiger partial charge in [-0.3, -0.25) is 4.79 Å². The third kappa shape index (κ3) is 4.96. The van der Waals surface area contributed by atoms with Gasteiger partial charge >= 0.3 is 0 Å². The lowest BCUT2D eigenvalue weighted by molar-refractivity contribution is 0.0434. The van der Waals surface area contributed by atoms with E-state index in [-0.39, 0.29) is 23.6 Å². The summed E-state index contributed by atoms with van der Waals surface area (Å²) >= 11 is 5.85. The Labute approximate surface area is 205 Å². The summed E-state index contributed by atoms with van der Waals surface area (Å²) in [6.07, 6.45) is -1.65. The van der Waals surface area contributed by atoms with E-state index in [1.807, 2.05) is 0 Å². The van der Waals surface area contributed by atoms with Gasteiger partial charge in [-0.15, -0.1) is 5.10 Å². The number of aliphatic hydroxyl groups is 1. The minimum Gasteiger partial charge on any atom is -0.385 e. The number of aromatic nitrogens is 3. The number of aliphatic hydroxyl groups excluding tert-OH is 1. The number of benzene rings is 2. The van der Waals surface area contributed by atoms with E-state index in [4.69, 9.17) is 17.3 Å². The van der Waals surface area contributed by atoms with Crippen molar-refractivity contribution in [2.24, 2.45) is 0 Å². The molecule has 2 atom stereocenters. The number of halogens is 3. The van der Waals surface area contributed by atoms with Crippen molar-refractivity contribution in [3.8, 4) is 11.1 Å². The summed E-state index contributed by atoms with van der Waals surface area (Å²) in [7, 11) is 0. The van der Waals surface area contributed by atoms with E-state index in [1.165, 1.54) is 21.5 Å². The van der Waals surface area contributed by atoms with Crippen LogP contribution in [-0.2, 0) is 0 Å². The number of nitrogens with zero attached hydrogens (tertiary/aromatic N) is 4. The summed E-state index contributed by atoms with van der Waals surface area (Å²) in [5.41, 5.74) is 7.32. The SMILES string of the molecule is CCN(CC(F)C(O)c1ccc(Cl)cc1)C(=O)c1c(C)ccc(-c2ccn3nc(N)nc3c2)c1F. The van der Waals surface area contributed by atoms with Crippen LogP contribution in [0.2, 0.25) is 5.02 Å². The summed E-state index contributed by atoms with van der Waals surface area (Å²) in [4.78, 5) is 18.6. The Morgan fingerprint density at radius 1 is 1.23 bits per heavy atom. The van der Waals surface area contributed by atoms with Crippen molar-refractivity contribution >= 4 is 29.1 Å². The quantitative estimate of drug-likeness (QED) is 0.387. The van der Waals surface area contributed by atoms with E-state index in [0.717, 1.165) is 0 Å². The van der Waals surface area contributed by atoms with E-state index in [0.29, 0.717) is 27.4 Å². The van der Waals surface area contributed by atoms with Crippen LogP contribution < -0.4 is 5.73 Å². The zero-order valence-corrected chi connectivity index (χ0v) is 19.9. The molecule has 0 aliphatic heterocycles. The van der Waals surface area contributed by atoms with Crippen molar-refractivity contribution in [2.45, 2.75) is 26.1 Å². The first-order valence-corrected chi connectivity index (χ1v) is 11.4.